The van der Waals surface area contributed by atoms with Gasteiger partial charge < -0.3 is 10.0 Å². The van der Waals surface area contributed by atoms with E-state index >= 15 is 0 Å². The van der Waals surface area contributed by atoms with Crippen LogP contribution in [0.1, 0.15) is 48.0 Å². The molecule has 0 saturated carbocycles. The molecular weight excluding hydrogens is 494 g/mol. The second kappa shape index (κ2) is 9.85. The molecule has 7 nitrogen and oxygen atoms in total. The van der Waals surface area contributed by atoms with Gasteiger partial charge in [-0.3, -0.25) is 14.6 Å². The van der Waals surface area contributed by atoms with Gasteiger partial charge in [-0.05, 0) is 52.2 Å². The van der Waals surface area contributed by atoms with Gasteiger partial charge >= 0.3 is 5.97 Å². The zero-order valence-corrected chi connectivity index (χ0v) is 20.4. The largest absolute Gasteiger partial charge is 0.480 e. The van der Waals surface area contributed by atoms with Crippen molar-refractivity contribution >= 4 is 40.3 Å². The van der Waals surface area contributed by atoms with Gasteiger partial charge in [0.25, 0.3) is 5.91 Å². The number of carbonyl (C=O) groups excluding carboxylic acids is 2. The number of nitriles is 1. The van der Waals surface area contributed by atoms with Crippen LogP contribution in [-0.2, 0) is 4.79 Å². The topological polar surface area (TPSA) is 111 Å². The Morgan fingerprint density at radius 3 is 2.17 bits per heavy atom. The molecule has 0 radical (unpaired) electrons. The highest BCUT2D eigenvalue weighted by atomic mass is 32.1. The van der Waals surface area contributed by atoms with E-state index in [1.165, 1.54) is 27.6 Å². The number of amides is 1. The number of rotatable bonds is 6. The number of nitrogens with zero attached hydrogens (tertiary/aromatic N) is 3. The molecule has 36 heavy (non-hydrogen) atoms. The number of carboxylic acid groups (broad SMARTS) is 1. The Bertz CT molecular complexity index is 1430. The van der Waals surface area contributed by atoms with E-state index in [1.807, 2.05) is 0 Å². The Balaban J connectivity index is 1.76. The minimum Gasteiger partial charge on any atom is -0.480 e. The SMILES string of the molecule is N#Cc1ccc(C2C(C(=O)c3cccs3)C(c3cccnc3)N(C(=O)c3cccs3)C2C(=O)O)cc1. The Labute approximate surface area is 214 Å². The van der Waals surface area contributed by atoms with E-state index in [0.29, 0.717) is 26.4 Å². The molecule has 1 aliphatic heterocycles. The van der Waals surface area contributed by atoms with Crippen LogP contribution in [-0.4, -0.2) is 38.7 Å². The summed E-state index contributed by atoms with van der Waals surface area (Å²) < 4.78 is 0. The number of ketones is 1. The standard InChI is InChI=1S/C27H19N3O4S2/c28-14-16-7-9-17(10-8-16)21-22(25(31)19-5-2-12-35-19)23(18-4-1-11-29-15-18)30(24(21)27(33)34)26(32)20-6-3-13-36-20/h1-13,15,21-24H,(H,33,34). The number of hydrogen-bond donors (Lipinski definition) is 1. The van der Waals surface area contributed by atoms with Gasteiger partial charge in [-0.2, -0.15) is 5.26 Å². The lowest BCUT2D eigenvalue weighted by Gasteiger charge is -2.29. The molecule has 178 valence electrons. The first-order valence-corrected chi connectivity index (χ1v) is 12.8. The number of likely N-dealkylation sites (tertiary alicyclic amines) is 1. The van der Waals surface area contributed by atoms with E-state index in [-0.39, 0.29) is 5.78 Å². The third-order valence-corrected chi connectivity index (χ3v) is 8.15. The van der Waals surface area contributed by atoms with Crippen LogP contribution in [0, 0.1) is 17.2 Å². The fourth-order valence-corrected chi connectivity index (χ4v) is 6.32. The fraction of sp³-hybridized carbons (Fsp3) is 0.148. The summed E-state index contributed by atoms with van der Waals surface area (Å²) >= 11 is 2.50. The van der Waals surface area contributed by atoms with Crippen molar-refractivity contribution in [3.8, 4) is 6.07 Å². The average molecular weight is 514 g/mol. The van der Waals surface area contributed by atoms with E-state index < -0.39 is 35.8 Å². The van der Waals surface area contributed by atoms with E-state index in [1.54, 1.807) is 83.8 Å². The molecule has 9 heteroatoms. The molecule has 4 aromatic rings. The molecule has 1 fully saturated rings. The summed E-state index contributed by atoms with van der Waals surface area (Å²) in [6, 6.07) is 16.8. The van der Waals surface area contributed by atoms with Crippen molar-refractivity contribution in [2.75, 3.05) is 0 Å². The van der Waals surface area contributed by atoms with Crippen molar-refractivity contribution < 1.29 is 19.5 Å². The summed E-state index contributed by atoms with van der Waals surface area (Å²) in [5, 5.41) is 23.3. The van der Waals surface area contributed by atoms with Gasteiger partial charge in [-0.25, -0.2) is 4.79 Å². The molecule has 4 unspecified atom stereocenters. The van der Waals surface area contributed by atoms with E-state index in [2.05, 4.69) is 11.1 Å². The van der Waals surface area contributed by atoms with Gasteiger partial charge in [0.1, 0.15) is 6.04 Å². The second-order valence-corrected chi connectivity index (χ2v) is 10.2. The number of Topliss-reactive ketones (excluding diaryl/α,β-unsaturated/α-hetero) is 1. The number of pyridine rings is 1. The highest BCUT2D eigenvalue weighted by Crippen LogP contribution is 2.52. The monoisotopic (exact) mass is 513 g/mol. The number of carbonyl (C=O) groups is 3. The van der Waals surface area contributed by atoms with Gasteiger partial charge in [0.15, 0.2) is 5.78 Å². The van der Waals surface area contributed by atoms with Gasteiger partial charge in [-0.1, -0.05) is 30.3 Å². The quantitative estimate of drug-likeness (QED) is 0.363. The molecule has 3 aromatic heterocycles. The number of thiophene rings is 2. The number of hydrogen-bond acceptors (Lipinski definition) is 7. The highest BCUT2D eigenvalue weighted by Gasteiger charge is 2.58. The van der Waals surface area contributed by atoms with Crippen LogP contribution in [0.25, 0.3) is 0 Å². The maximum atomic E-state index is 14.0. The van der Waals surface area contributed by atoms with Gasteiger partial charge in [0, 0.05) is 18.3 Å². The normalized spacial score (nSPS) is 21.1. The first-order valence-electron chi connectivity index (χ1n) is 11.1. The minimum absolute atomic E-state index is 0.235. The molecule has 0 bridgehead atoms. The van der Waals surface area contributed by atoms with E-state index in [9.17, 15) is 24.8 Å². The smallest absolute Gasteiger partial charge is 0.327 e. The van der Waals surface area contributed by atoms with Crippen LogP contribution in [0.5, 0.6) is 0 Å². The summed E-state index contributed by atoms with van der Waals surface area (Å²) in [5.74, 6) is -3.62. The maximum Gasteiger partial charge on any atom is 0.327 e. The Hall–Kier alpha value is -4.13. The van der Waals surface area contributed by atoms with Crippen LogP contribution >= 0.6 is 22.7 Å². The van der Waals surface area contributed by atoms with Crippen molar-refractivity contribution in [1.29, 1.82) is 5.26 Å². The number of aromatic nitrogens is 1. The summed E-state index contributed by atoms with van der Waals surface area (Å²) in [6.07, 6.45) is 3.17. The number of benzene rings is 1. The molecule has 1 aliphatic rings. The van der Waals surface area contributed by atoms with Crippen molar-refractivity contribution in [3.63, 3.8) is 0 Å². The van der Waals surface area contributed by atoms with Crippen LogP contribution in [0.4, 0.5) is 0 Å². The predicted molar refractivity (Wildman–Crippen MR) is 135 cm³/mol. The molecule has 0 spiro atoms. The van der Waals surface area contributed by atoms with Crippen LogP contribution in [0.3, 0.4) is 0 Å². The maximum absolute atomic E-state index is 14.0. The van der Waals surface area contributed by atoms with Crippen molar-refractivity contribution in [2.24, 2.45) is 5.92 Å². The van der Waals surface area contributed by atoms with Crippen LogP contribution < -0.4 is 0 Å². The molecule has 1 saturated heterocycles. The molecule has 1 aromatic carbocycles. The molecule has 0 aliphatic carbocycles. The first kappa shape index (κ1) is 23.6. The summed E-state index contributed by atoms with van der Waals surface area (Å²) in [7, 11) is 0. The zero-order valence-electron chi connectivity index (χ0n) is 18.7. The molecule has 4 heterocycles. The summed E-state index contributed by atoms with van der Waals surface area (Å²) in [5.41, 5.74) is 1.58. The number of carboxylic acids is 1. The van der Waals surface area contributed by atoms with Gasteiger partial charge in [-0.15, -0.1) is 22.7 Å². The van der Waals surface area contributed by atoms with Crippen molar-refractivity contribution in [1.82, 2.24) is 9.88 Å². The van der Waals surface area contributed by atoms with Gasteiger partial charge in [0.05, 0.1) is 33.3 Å². The Morgan fingerprint density at radius 1 is 0.917 bits per heavy atom. The zero-order chi connectivity index (χ0) is 25.2. The fourth-order valence-electron chi connectivity index (χ4n) is 4.94. The Kier molecular flexibility index (Phi) is 6.46. The van der Waals surface area contributed by atoms with Crippen LogP contribution in [0.2, 0.25) is 0 Å². The van der Waals surface area contributed by atoms with E-state index in [4.69, 9.17) is 0 Å². The molecule has 5 rings (SSSR count). The molecular formula is C27H19N3O4S2. The number of aliphatic carboxylic acids is 1. The lowest BCUT2D eigenvalue weighted by Crippen LogP contribution is -2.43. The average Bonchev–Trinajstić information content (AvgIpc) is 3.68. The summed E-state index contributed by atoms with van der Waals surface area (Å²) in [4.78, 5) is 47.1. The lowest BCUT2D eigenvalue weighted by atomic mass is 9.77. The molecule has 1 amide bonds. The second-order valence-electron chi connectivity index (χ2n) is 8.33. The van der Waals surface area contributed by atoms with Crippen LogP contribution in [0.15, 0.2) is 83.8 Å². The predicted octanol–water partition coefficient (Wildman–Crippen LogP) is 5.01. The third-order valence-electron chi connectivity index (χ3n) is 6.40. The first-order chi connectivity index (χ1) is 17.5. The molecule has 1 N–H and O–H groups in total. The minimum atomic E-state index is -1.31. The van der Waals surface area contributed by atoms with Crippen molar-refractivity contribution in [2.45, 2.75) is 18.0 Å². The van der Waals surface area contributed by atoms with E-state index in [0.717, 1.165) is 0 Å². The highest BCUT2D eigenvalue weighted by molar-refractivity contribution is 7.12. The Morgan fingerprint density at radius 2 is 1.61 bits per heavy atom. The summed E-state index contributed by atoms with van der Waals surface area (Å²) in [6.45, 7) is 0. The third kappa shape index (κ3) is 4.11. The van der Waals surface area contributed by atoms with Gasteiger partial charge in [0.2, 0.25) is 0 Å². The molecule has 4 atom stereocenters. The van der Waals surface area contributed by atoms with Crippen molar-refractivity contribution in [3.05, 3.63) is 110 Å². The lowest BCUT2D eigenvalue weighted by molar-refractivity contribution is -0.142.